The van der Waals surface area contributed by atoms with Crippen molar-refractivity contribution in [2.24, 2.45) is 0 Å². The number of ether oxygens (including phenoxy) is 1. The van der Waals surface area contributed by atoms with Gasteiger partial charge in [-0.25, -0.2) is 0 Å². The summed E-state index contributed by atoms with van der Waals surface area (Å²) in [5, 5.41) is 0. The van der Waals surface area contributed by atoms with Crippen molar-refractivity contribution in [3.8, 4) is 0 Å². The van der Waals surface area contributed by atoms with E-state index in [1.165, 1.54) is 19.3 Å². The Labute approximate surface area is 56.0 Å². The maximum Gasteiger partial charge on any atom is 0.0873 e. The van der Waals surface area contributed by atoms with Gasteiger partial charge >= 0.3 is 0 Å². The molecule has 0 amide bonds. The zero-order valence-corrected chi connectivity index (χ0v) is 5.55. The van der Waals surface area contributed by atoms with Crippen LogP contribution in [0.2, 0.25) is 0 Å². The molecule has 0 fully saturated rings. The second-order valence-corrected chi connectivity index (χ2v) is 2.12. The molecule has 0 aliphatic carbocycles. The smallest absolute Gasteiger partial charge is 0.0873 e. The van der Waals surface area contributed by atoms with Crippen LogP contribution in [0.5, 0.6) is 0 Å². The van der Waals surface area contributed by atoms with E-state index in [1.54, 1.807) is 6.26 Å². The van der Waals surface area contributed by atoms with Gasteiger partial charge in [0.2, 0.25) is 0 Å². The van der Waals surface area contributed by atoms with Crippen molar-refractivity contribution >= 4 is 0 Å². The first kappa shape index (κ1) is 6.40. The van der Waals surface area contributed by atoms with Gasteiger partial charge in [0.15, 0.2) is 0 Å². The molecule has 50 valence electrons. The average Bonchev–Trinajstić information content (AvgIpc) is 2.00. The fraction of sp³-hybridized carbons (Fsp3) is 0.500. The van der Waals surface area contributed by atoms with Crippen LogP contribution in [0.15, 0.2) is 24.5 Å². The van der Waals surface area contributed by atoms with E-state index in [0.29, 0.717) is 0 Å². The summed E-state index contributed by atoms with van der Waals surface area (Å²) < 4.78 is 5.12. The maximum absolute atomic E-state index is 5.12. The molecule has 1 heteroatoms. The van der Waals surface area contributed by atoms with Crippen LogP contribution >= 0.6 is 0 Å². The minimum absolute atomic E-state index is 0.873. The molecule has 0 saturated heterocycles. The molecule has 0 aromatic heterocycles. The second kappa shape index (κ2) is 4.19. The Morgan fingerprint density at radius 3 is 3.11 bits per heavy atom. The summed E-state index contributed by atoms with van der Waals surface area (Å²) in [5.41, 5.74) is 0. The molecule has 0 unspecified atom stereocenters. The third-order valence-corrected chi connectivity index (χ3v) is 1.30. The molecule has 0 N–H and O–H groups in total. The largest absolute Gasteiger partial charge is 0.501 e. The van der Waals surface area contributed by atoms with Crippen molar-refractivity contribution in [1.29, 1.82) is 0 Å². The topological polar surface area (TPSA) is 9.23 Å². The minimum atomic E-state index is 0.873. The molecule has 0 saturated carbocycles. The zero-order valence-electron chi connectivity index (χ0n) is 5.55. The van der Waals surface area contributed by atoms with Gasteiger partial charge in [0.25, 0.3) is 0 Å². The number of hydrogen-bond acceptors (Lipinski definition) is 1. The predicted octanol–water partition coefficient (Wildman–Crippen LogP) is 2.26. The van der Waals surface area contributed by atoms with Gasteiger partial charge < -0.3 is 4.74 Å². The minimum Gasteiger partial charge on any atom is -0.501 e. The van der Waals surface area contributed by atoms with E-state index in [2.05, 4.69) is 6.08 Å². The molecule has 1 rings (SSSR count). The summed E-state index contributed by atoms with van der Waals surface area (Å²) in [6.07, 6.45) is 11.5. The first-order valence-corrected chi connectivity index (χ1v) is 3.43. The highest BCUT2D eigenvalue weighted by atomic mass is 16.5. The van der Waals surface area contributed by atoms with E-state index in [0.717, 1.165) is 6.61 Å². The summed E-state index contributed by atoms with van der Waals surface area (Å²) in [6, 6.07) is 0. The molecule has 1 heterocycles. The summed E-state index contributed by atoms with van der Waals surface area (Å²) in [5.74, 6) is 0. The van der Waals surface area contributed by atoms with Gasteiger partial charge in [0.1, 0.15) is 0 Å². The SMILES string of the molecule is C1=CCCCCOC=C1. The number of allylic oxidation sites excluding steroid dienone is 3. The van der Waals surface area contributed by atoms with Gasteiger partial charge in [-0.15, -0.1) is 0 Å². The molecule has 0 aromatic carbocycles. The number of hydrogen-bond donors (Lipinski definition) is 0. The predicted molar refractivity (Wildman–Crippen MR) is 38.1 cm³/mol. The van der Waals surface area contributed by atoms with E-state index < -0.39 is 0 Å². The molecular formula is C8H12O. The van der Waals surface area contributed by atoms with E-state index in [-0.39, 0.29) is 0 Å². The lowest BCUT2D eigenvalue weighted by Crippen LogP contribution is -1.84. The monoisotopic (exact) mass is 124 g/mol. The van der Waals surface area contributed by atoms with Gasteiger partial charge in [0, 0.05) is 0 Å². The molecule has 0 bridgehead atoms. The quantitative estimate of drug-likeness (QED) is 0.481. The first-order valence-electron chi connectivity index (χ1n) is 3.43. The third-order valence-electron chi connectivity index (χ3n) is 1.30. The highest BCUT2D eigenvalue weighted by Gasteiger charge is 1.86. The molecular weight excluding hydrogens is 112 g/mol. The molecule has 1 nitrogen and oxygen atoms in total. The van der Waals surface area contributed by atoms with Crippen LogP contribution < -0.4 is 0 Å². The van der Waals surface area contributed by atoms with Crippen molar-refractivity contribution in [2.75, 3.05) is 6.61 Å². The molecule has 0 atom stereocenters. The normalized spacial score (nSPS) is 19.6. The highest BCUT2D eigenvalue weighted by molar-refractivity contribution is 4.99. The Kier molecular flexibility index (Phi) is 2.98. The van der Waals surface area contributed by atoms with E-state index in [9.17, 15) is 0 Å². The van der Waals surface area contributed by atoms with Crippen LogP contribution in [-0.2, 0) is 4.74 Å². The third kappa shape index (κ3) is 2.96. The molecule has 1 aliphatic heterocycles. The van der Waals surface area contributed by atoms with Crippen LogP contribution in [0, 0.1) is 0 Å². The molecule has 9 heavy (non-hydrogen) atoms. The van der Waals surface area contributed by atoms with Crippen molar-refractivity contribution in [1.82, 2.24) is 0 Å². The fourth-order valence-corrected chi connectivity index (χ4v) is 0.791. The Balaban J connectivity index is 2.28. The van der Waals surface area contributed by atoms with Crippen molar-refractivity contribution in [2.45, 2.75) is 19.3 Å². The summed E-state index contributed by atoms with van der Waals surface area (Å²) in [7, 11) is 0. The summed E-state index contributed by atoms with van der Waals surface area (Å²) in [4.78, 5) is 0. The van der Waals surface area contributed by atoms with Crippen LogP contribution in [0.3, 0.4) is 0 Å². The summed E-state index contributed by atoms with van der Waals surface area (Å²) >= 11 is 0. The van der Waals surface area contributed by atoms with Crippen LogP contribution in [0.4, 0.5) is 0 Å². The van der Waals surface area contributed by atoms with Crippen LogP contribution in [-0.4, -0.2) is 6.61 Å². The molecule has 0 spiro atoms. The Morgan fingerprint density at radius 2 is 2.11 bits per heavy atom. The molecule has 1 aliphatic rings. The van der Waals surface area contributed by atoms with Gasteiger partial charge in [-0.05, 0) is 25.3 Å². The lowest BCUT2D eigenvalue weighted by atomic mass is 10.2. The average molecular weight is 124 g/mol. The second-order valence-electron chi connectivity index (χ2n) is 2.12. The van der Waals surface area contributed by atoms with Gasteiger partial charge in [0.05, 0.1) is 12.9 Å². The first-order chi connectivity index (χ1) is 4.50. The van der Waals surface area contributed by atoms with E-state index in [1.807, 2.05) is 12.2 Å². The Morgan fingerprint density at radius 1 is 1.11 bits per heavy atom. The van der Waals surface area contributed by atoms with Crippen molar-refractivity contribution in [3.05, 3.63) is 24.5 Å². The molecule has 0 aromatic rings. The summed E-state index contributed by atoms with van der Waals surface area (Å²) in [6.45, 7) is 0.873. The van der Waals surface area contributed by atoms with Crippen molar-refractivity contribution in [3.63, 3.8) is 0 Å². The van der Waals surface area contributed by atoms with Gasteiger partial charge in [-0.1, -0.05) is 12.2 Å². The van der Waals surface area contributed by atoms with E-state index in [4.69, 9.17) is 4.74 Å². The lowest BCUT2D eigenvalue weighted by Gasteiger charge is -1.95. The van der Waals surface area contributed by atoms with Crippen molar-refractivity contribution < 1.29 is 4.74 Å². The van der Waals surface area contributed by atoms with E-state index >= 15 is 0 Å². The molecule has 0 radical (unpaired) electrons. The number of rotatable bonds is 0. The lowest BCUT2D eigenvalue weighted by molar-refractivity contribution is 0.243. The Hall–Kier alpha value is -0.720. The van der Waals surface area contributed by atoms with Gasteiger partial charge in [-0.2, -0.15) is 0 Å². The maximum atomic E-state index is 5.12. The zero-order chi connectivity index (χ0) is 6.36. The highest BCUT2D eigenvalue weighted by Crippen LogP contribution is 1.99. The van der Waals surface area contributed by atoms with Crippen LogP contribution in [0.25, 0.3) is 0 Å². The van der Waals surface area contributed by atoms with Crippen LogP contribution in [0.1, 0.15) is 19.3 Å². The van der Waals surface area contributed by atoms with Gasteiger partial charge in [-0.3, -0.25) is 0 Å². The fourth-order valence-electron chi connectivity index (χ4n) is 0.791. The Bertz CT molecular complexity index is 99.7. The standard InChI is InChI=1S/C8H12O/c1-2-4-6-8-9-7-5-3-1/h1,3,5,7H,2,4,6,8H2.